The number of carbonyl (C=O) groups is 1. The molecule has 2 aromatic rings. The van der Waals surface area contributed by atoms with Gasteiger partial charge in [-0.25, -0.2) is 0 Å². The fourth-order valence-corrected chi connectivity index (χ4v) is 3.45. The molecule has 8 nitrogen and oxygen atoms in total. The van der Waals surface area contributed by atoms with Crippen molar-refractivity contribution in [1.29, 1.82) is 0 Å². The maximum atomic E-state index is 12.0. The standard InChI is InChI=1S/C16H21N5O3S/c22-14(17-12-3-4-12)11-25-16-19-18-15(20-5-8-23-9-6-20)21(16)10-13-2-1-7-24-13/h1-2,7,12H,3-6,8-11H2,(H,17,22). The number of carbonyl (C=O) groups excluding carboxylic acids is 1. The van der Waals surface area contributed by atoms with Crippen molar-refractivity contribution < 1.29 is 13.9 Å². The summed E-state index contributed by atoms with van der Waals surface area (Å²) in [6.07, 6.45) is 3.84. The van der Waals surface area contributed by atoms with E-state index in [2.05, 4.69) is 20.4 Å². The zero-order valence-corrected chi connectivity index (χ0v) is 14.7. The molecule has 0 unspecified atom stereocenters. The van der Waals surface area contributed by atoms with E-state index in [0.29, 0.717) is 31.6 Å². The lowest BCUT2D eigenvalue weighted by molar-refractivity contribution is -0.118. The molecule has 0 aromatic carbocycles. The van der Waals surface area contributed by atoms with Gasteiger partial charge in [0.25, 0.3) is 0 Å². The van der Waals surface area contributed by atoms with Gasteiger partial charge in [0.2, 0.25) is 11.9 Å². The first-order valence-corrected chi connectivity index (χ1v) is 9.48. The van der Waals surface area contributed by atoms with Crippen LogP contribution in [-0.2, 0) is 16.1 Å². The third-order valence-electron chi connectivity index (χ3n) is 4.16. The van der Waals surface area contributed by atoms with Crippen molar-refractivity contribution in [2.45, 2.75) is 30.6 Å². The van der Waals surface area contributed by atoms with Gasteiger partial charge >= 0.3 is 0 Å². The number of thioether (sulfide) groups is 1. The van der Waals surface area contributed by atoms with Gasteiger partial charge in [-0.2, -0.15) is 0 Å². The topological polar surface area (TPSA) is 85.4 Å². The molecular weight excluding hydrogens is 342 g/mol. The minimum atomic E-state index is 0.0490. The number of aromatic nitrogens is 3. The van der Waals surface area contributed by atoms with Gasteiger partial charge < -0.3 is 19.4 Å². The molecule has 1 aliphatic carbocycles. The summed E-state index contributed by atoms with van der Waals surface area (Å²) in [7, 11) is 0. The predicted octanol–water partition coefficient (Wildman–Crippen LogP) is 1.13. The zero-order valence-electron chi connectivity index (χ0n) is 13.9. The number of hydrogen-bond acceptors (Lipinski definition) is 7. The highest BCUT2D eigenvalue weighted by Crippen LogP contribution is 2.25. The van der Waals surface area contributed by atoms with E-state index in [1.54, 1.807) is 6.26 Å². The first-order chi connectivity index (χ1) is 12.3. The molecule has 25 heavy (non-hydrogen) atoms. The quantitative estimate of drug-likeness (QED) is 0.738. The van der Waals surface area contributed by atoms with Crippen molar-refractivity contribution in [1.82, 2.24) is 20.1 Å². The summed E-state index contributed by atoms with van der Waals surface area (Å²) in [4.78, 5) is 14.1. The van der Waals surface area contributed by atoms with Crippen molar-refractivity contribution in [3.63, 3.8) is 0 Å². The van der Waals surface area contributed by atoms with Crippen LogP contribution in [0.2, 0.25) is 0 Å². The molecular formula is C16H21N5O3S. The third-order valence-corrected chi connectivity index (χ3v) is 5.13. The highest BCUT2D eigenvalue weighted by molar-refractivity contribution is 7.99. The lowest BCUT2D eigenvalue weighted by Gasteiger charge is -2.27. The second-order valence-electron chi connectivity index (χ2n) is 6.18. The number of ether oxygens (including phenoxy) is 1. The van der Waals surface area contributed by atoms with Crippen molar-refractivity contribution in [3.05, 3.63) is 24.2 Å². The first kappa shape index (κ1) is 16.5. The molecule has 0 spiro atoms. The van der Waals surface area contributed by atoms with E-state index in [1.807, 2.05) is 16.7 Å². The molecule has 0 radical (unpaired) electrons. The highest BCUT2D eigenvalue weighted by Gasteiger charge is 2.25. The third kappa shape index (κ3) is 4.16. The Balaban J connectivity index is 1.50. The van der Waals surface area contributed by atoms with Crippen LogP contribution in [-0.4, -0.2) is 58.8 Å². The van der Waals surface area contributed by atoms with E-state index in [1.165, 1.54) is 11.8 Å². The van der Waals surface area contributed by atoms with Crippen LogP contribution in [0, 0.1) is 0 Å². The number of furan rings is 1. The molecule has 2 fully saturated rings. The molecule has 1 N–H and O–H groups in total. The Kier molecular flexibility index (Phi) is 4.93. The Morgan fingerprint density at radius 1 is 1.32 bits per heavy atom. The lowest BCUT2D eigenvalue weighted by atomic mass is 10.4. The fourth-order valence-electron chi connectivity index (χ4n) is 2.71. The Morgan fingerprint density at radius 3 is 2.88 bits per heavy atom. The second-order valence-corrected chi connectivity index (χ2v) is 7.12. The normalized spacial score (nSPS) is 17.7. The largest absolute Gasteiger partial charge is 0.467 e. The molecule has 1 saturated carbocycles. The second kappa shape index (κ2) is 7.49. The van der Waals surface area contributed by atoms with Crippen LogP contribution in [0.3, 0.4) is 0 Å². The average molecular weight is 363 g/mol. The number of anilines is 1. The fraction of sp³-hybridized carbons (Fsp3) is 0.562. The van der Waals surface area contributed by atoms with Gasteiger partial charge in [0.1, 0.15) is 5.76 Å². The first-order valence-electron chi connectivity index (χ1n) is 8.50. The van der Waals surface area contributed by atoms with Crippen molar-refractivity contribution in [2.75, 3.05) is 37.0 Å². The van der Waals surface area contributed by atoms with Crippen molar-refractivity contribution in [2.24, 2.45) is 0 Å². The Bertz CT molecular complexity index is 707. The molecule has 1 saturated heterocycles. The van der Waals surface area contributed by atoms with Gasteiger partial charge in [-0.1, -0.05) is 11.8 Å². The number of nitrogens with one attached hydrogen (secondary N) is 1. The van der Waals surface area contributed by atoms with Gasteiger partial charge in [0, 0.05) is 19.1 Å². The van der Waals surface area contributed by atoms with Gasteiger partial charge in [-0.3, -0.25) is 9.36 Å². The van der Waals surface area contributed by atoms with Gasteiger partial charge in [0.15, 0.2) is 5.16 Å². The summed E-state index contributed by atoms with van der Waals surface area (Å²) in [6.45, 7) is 3.46. The predicted molar refractivity (Wildman–Crippen MR) is 92.8 cm³/mol. The molecule has 2 aliphatic rings. The SMILES string of the molecule is O=C(CSc1nnc(N2CCOCC2)n1Cc1ccco1)NC1CC1. The van der Waals surface area contributed by atoms with E-state index in [0.717, 1.165) is 42.8 Å². The summed E-state index contributed by atoms with van der Waals surface area (Å²) in [5.41, 5.74) is 0. The number of morpholine rings is 1. The van der Waals surface area contributed by atoms with Crippen molar-refractivity contribution >= 4 is 23.6 Å². The van der Waals surface area contributed by atoms with E-state index >= 15 is 0 Å². The Labute approximate surface area is 149 Å². The summed E-state index contributed by atoms with van der Waals surface area (Å²) < 4.78 is 12.9. The molecule has 0 atom stereocenters. The molecule has 9 heteroatoms. The van der Waals surface area contributed by atoms with E-state index < -0.39 is 0 Å². The molecule has 2 aromatic heterocycles. The van der Waals surface area contributed by atoms with Crippen LogP contribution < -0.4 is 10.2 Å². The summed E-state index contributed by atoms with van der Waals surface area (Å²) in [6, 6.07) is 4.17. The summed E-state index contributed by atoms with van der Waals surface area (Å²) >= 11 is 1.41. The zero-order chi connectivity index (χ0) is 17.1. The van der Waals surface area contributed by atoms with Crippen molar-refractivity contribution in [3.8, 4) is 0 Å². The molecule has 3 heterocycles. The average Bonchev–Trinajstić information content (AvgIpc) is 3.14. The molecule has 134 valence electrons. The van der Waals surface area contributed by atoms with Crippen LogP contribution in [0.4, 0.5) is 5.95 Å². The number of hydrogen-bond donors (Lipinski definition) is 1. The monoisotopic (exact) mass is 363 g/mol. The van der Waals surface area contributed by atoms with Crippen LogP contribution in [0.15, 0.2) is 28.0 Å². The van der Waals surface area contributed by atoms with E-state index in [4.69, 9.17) is 9.15 Å². The van der Waals surface area contributed by atoms with Crippen LogP contribution >= 0.6 is 11.8 Å². The molecule has 0 bridgehead atoms. The van der Waals surface area contributed by atoms with Crippen LogP contribution in [0.1, 0.15) is 18.6 Å². The molecule has 1 aliphatic heterocycles. The molecule has 1 amide bonds. The highest BCUT2D eigenvalue weighted by atomic mass is 32.2. The minimum absolute atomic E-state index is 0.0490. The molecule has 4 rings (SSSR count). The lowest BCUT2D eigenvalue weighted by Crippen LogP contribution is -2.38. The summed E-state index contributed by atoms with van der Waals surface area (Å²) in [5, 5.41) is 12.4. The Hall–Kier alpha value is -2.00. The maximum Gasteiger partial charge on any atom is 0.230 e. The maximum absolute atomic E-state index is 12.0. The van der Waals surface area contributed by atoms with Gasteiger partial charge in [-0.15, -0.1) is 10.2 Å². The summed E-state index contributed by atoms with van der Waals surface area (Å²) in [5.74, 6) is 2.02. The number of amides is 1. The van der Waals surface area contributed by atoms with Crippen LogP contribution in [0.25, 0.3) is 0 Å². The van der Waals surface area contributed by atoms with E-state index in [-0.39, 0.29) is 5.91 Å². The smallest absolute Gasteiger partial charge is 0.230 e. The van der Waals surface area contributed by atoms with Gasteiger partial charge in [-0.05, 0) is 25.0 Å². The number of nitrogens with zero attached hydrogens (tertiary/aromatic N) is 4. The Morgan fingerprint density at radius 2 is 2.16 bits per heavy atom. The van der Waals surface area contributed by atoms with E-state index in [9.17, 15) is 4.79 Å². The van der Waals surface area contributed by atoms with Gasteiger partial charge in [0.05, 0.1) is 31.8 Å². The van der Waals surface area contributed by atoms with Crippen LogP contribution in [0.5, 0.6) is 0 Å². The minimum Gasteiger partial charge on any atom is -0.467 e. The number of rotatable bonds is 7.